The monoisotopic (exact) mass is 390 g/mol. The zero-order valence-electron chi connectivity index (χ0n) is 15.7. The molecule has 3 aliphatic rings. The zero-order valence-corrected chi connectivity index (χ0v) is 15.7. The third-order valence-corrected chi connectivity index (χ3v) is 6.25. The van der Waals surface area contributed by atoms with Gasteiger partial charge in [-0.2, -0.15) is 0 Å². The molecule has 3 amide bonds. The van der Waals surface area contributed by atoms with Crippen molar-refractivity contribution in [3.63, 3.8) is 0 Å². The van der Waals surface area contributed by atoms with Crippen molar-refractivity contribution in [3.05, 3.63) is 65.9 Å². The van der Waals surface area contributed by atoms with Crippen LogP contribution in [0, 0.1) is 11.8 Å². The molecular weight excluding hydrogens is 370 g/mol. The SMILES string of the molecule is COc1ccccc1N1C(=O)[C@@H]2[C@H](C1=O)[C@@H]1c3ccccc3C=C[NH+]1[C@@H]2C(N)=O. The number of carbonyl (C=O) groups excluding carboxylic acids is 3. The van der Waals surface area contributed by atoms with Crippen molar-refractivity contribution >= 4 is 29.5 Å². The lowest BCUT2D eigenvalue weighted by Crippen LogP contribution is -3.12. The van der Waals surface area contributed by atoms with Crippen molar-refractivity contribution in [1.82, 2.24) is 0 Å². The largest absolute Gasteiger partial charge is 0.495 e. The lowest BCUT2D eigenvalue weighted by Gasteiger charge is -2.30. The summed E-state index contributed by atoms with van der Waals surface area (Å²) in [6.45, 7) is 0. The Bertz CT molecular complexity index is 1080. The number of carbonyl (C=O) groups is 3. The molecule has 0 aliphatic carbocycles. The molecule has 5 rings (SSSR count). The van der Waals surface area contributed by atoms with E-state index < -0.39 is 29.7 Å². The molecule has 5 atom stereocenters. The molecule has 0 radical (unpaired) electrons. The number of nitrogens with two attached hydrogens (primary N) is 1. The summed E-state index contributed by atoms with van der Waals surface area (Å²) in [5.74, 6) is -2.34. The van der Waals surface area contributed by atoms with Gasteiger partial charge in [0, 0.05) is 5.56 Å². The average molecular weight is 390 g/mol. The summed E-state index contributed by atoms with van der Waals surface area (Å²) in [4.78, 5) is 41.3. The number of rotatable bonds is 3. The molecule has 2 aromatic carbocycles. The number of quaternary nitrogens is 1. The number of para-hydroxylation sites is 2. The van der Waals surface area contributed by atoms with E-state index in [2.05, 4.69) is 0 Å². The molecule has 3 heterocycles. The van der Waals surface area contributed by atoms with Crippen molar-refractivity contribution in [2.24, 2.45) is 17.6 Å². The van der Waals surface area contributed by atoms with Gasteiger partial charge in [-0.15, -0.1) is 0 Å². The minimum absolute atomic E-state index is 0.319. The van der Waals surface area contributed by atoms with Crippen molar-refractivity contribution in [1.29, 1.82) is 0 Å². The Kier molecular flexibility index (Phi) is 3.82. The first-order chi connectivity index (χ1) is 14.0. The fourth-order valence-electron chi connectivity index (χ4n) is 5.13. The third kappa shape index (κ3) is 2.31. The Balaban J connectivity index is 1.66. The van der Waals surface area contributed by atoms with E-state index in [0.29, 0.717) is 11.4 Å². The summed E-state index contributed by atoms with van der Waals surface area (Å²) in [5.41, 5.74) is 8.06. The van der Waals surface area contributed by atoms with Crippen molar-refractivity contribution in [2.75, 3.05) is 12.0 Å². The minimum atomic E-state index is -0.805. The Morgan fingerprint density at radius 2 is 1.72 bits per heavy atom. The lowest BCUT2D eigenvalue weighted by atomic mass is 9.84. The summed E-state index contributed by atoms with van der Waals surface area (Å²) in [6.07, 6.45) is 3.78. The Morgan fingerprint density at radius 1 is 1.03 bits per heavy atom. The highest BCUT2D eigenvalue weighted by atomic mass is 16.5. The molecular formula is C22H20N3O4+. The fourth-order valence-corrected chi connectivity index (χ4v) is 5.13. The van der Waals surface area contributed by atoms with Crippen LogP contribution in [0.25, 0.3) is 6.08 Å². The van der Waals surface area contributed by atoms with Crippen molar-refractivity contribution in [3.8, 4) is 5.75 Å². The fraction of sp³-hybridized carbons (Fsp3) is 0.227. The first-order valence-corrected chi connectivity index (χ1v) is 9.48. The highest BCUT2D eigenvalue weighted by Gasteiger charge is 2.68. The Morgan fingerprint density at radius 3 is 2.48 bits per heavy atom. The number of anilines is 1. The third-order valence-electron chi connectivity index (χ3n) is 6.25. The van der Waals surface area contributed by atoms with Gasteiger partial charge in [-0.05, 0) is 23.8 Å². The van der Waals surface area contributed by atoms with Gasteiger partial charge in [-0.1, -0.05) is 36.4 Å². The van der Waals surface area contributed by atoms with Crippen LogP contribution in [0.15, 0.2) is 54.7 Å². The van der Waals surface area contributed by atoms with Gasteiger partial charge in [0.15, 0.2) is 6.04 Å². The molecule has 29 heavy (non-hydrogen) atoms. The smallest absolute Gasteiger partial charge is 0.277 e. The van der Waals surface area contributed by atoms with Gasteiger partial charge in [0.05, 0.1) is 19.0 Å². The van der Waals surface area contributed by atoms with Crippen LogP contribution in [0.3, 0.4) is 0 Å². The van der Waals surface area contributed by atoms with E-state index >= 15 is 0 Å². The summed E-state index contributed by atoms with van der Waals surface area (Å²) in [5, 5.41) is 0. The van der Waals surface area contributed by atoms with Crippen LogP contribution in [-0.2, 0) is 14.4 Å². The molecule has 2 saturated heterocycles. The summed E-state index contributed by atoms with van der Waals surface area (Å²) < 4.78 is 5.36. The van der Waals surface area contributed by atoms with E-state index in [9.17, 15) is 14.4 Å². The summed E-state index contributed by atoms with van der Waals surface area (Å²) >= 11 is 0. The number of benzene rings is 2. The van der Waals surface area contributed by atoms with Crippen LogP contribution < -0.4 is 20.3 Å². The number of ether oxygens (including phenoxy) is 1. The average Bonchev–Trinajstić information content (AvgIpc) is 3.21. The summed E-state index contributed by atoms with van der Waals surface area (Å²) in [6, 6.07) is 13.5. The lowest BCUT2D eigenvalue weighted by molar-refractivity contribution is -0.884. The highest BCUT2D eigenvalue weighted by Crippen LogP contribution is 2.45. The second-order valence-electron chi connectivity index (χ2n) is 7.56. The van der Waals surface area contributed by atoms with Crippen LogP contribution in [0.5, 0.6) is 5.75 Å². The van der Waals surface area contributed by atoms with E-state index in [1.165, 1.54) is 12.0 Å². The quantitative estimate of drug-likeness (QED) is 0.736. The van der Waals surface area contributed by atoms with Gasteiger partial charge >= 0.3 is 0 Å². The standard InChI is InChI=1S/C22H19N3O4/c1-29-15-9-5-4-8-14(15)25-21(27)16-17(22(25)28)19(20(23)26)24-11-10-12-6-2-3-7-13(12)18(16)24/h2-11,16-19H,1H3,(H2,23,26)/p+1/t16-,17+,18-,19-/m0/s1. The first-order valence-electron chi connectivity index (χ1n) is 9.48. The second-order valence-corrected chi connectivity index (χ2v) is 7.56. The van der Waals surface area contributed by atoms with Crippen LogP contribution in [0.2, 0.25) is 0 Å². The van der Waals surface area contributed by atoms with Gasteiger partial charge in [0.2, 0.25) is 11.8 Å². The molecule has 7 heteroatoms. The number of amides is 3. The van der Waals surface area contributed by atoms with Crippen LogP contribution in [-0.4, -0.2) is 30.9 Å². The molecule has 0 bridgehead atoms. The van der Waals surface area contributed by atoms with Gasteiger partial charge in [-0.3, -0.25) is 19.3 Å². The number of methoxy groups -OCH3 is 1. The number of hydrogen-bond donors (Lipinski definition) is 2. The Hall–Kier alpha value is -3.45. The van der Waals surface area contributed by atoms with Crippen LogP contribution in [0.1, 0.15) is 17.2 Å². The molecule has 3 aliphatic heterocycles. The number of primary amides is 1. The number of hydrogen-bond acceptors (Lipinski definition) is 4. The first kappa shape index (κ1) is 17.6. The predicted octanol–water partition coefficient (Wildman–Crippen LogP) is 0.279. The molecule has 146 valence electrons. The molecule has 7 nitrogen and oxygen atoms in total. The zero-order chi connectivity index (χ0) is 20.3. The predicted molar refractivity (Wildman–Crippen MR) is 105 cm³/mol. The highest BCUT2D eigenvalue weighted by molar-refractivity contribution is 6.24. The molecule has 0 spiro atoms. The summed E-state index contributed by atoms with van der Waals surface area (Å²) in [7, 11) is 1.49. The molecule has 3 N–H and O–H groups in total. The van der Waals surface area contributed by atoms with E-state index in [-0.39, 0.29) is 11.9 Å². The number of fused-ring (bicyclic) bond motifs is 5. The van der Waals surface area contributed by atoms with Crippen molar-refractivity contribution in [2.45, 2.75) is 12.1 Å². The van der Waals surface area contributed by atoms with E-state index in [4.69, 9.17) is 10.5 Å². The minimum Gasteiger partial charge on any atom is -0.495 e. The second kappa shape index (κ2) is 6.28. The van der Waals surface area contributed by atoms with Crippen LogP contribution >= 0.6 is 0 Å². The van der Waals surface area contributed by atoms with Crippen molar-refractivity contribution < 1.29 is 24.0 Å². The van der Waals surface area contributed by atoms with E-state index in [0.717, 1.165) is 16.0 Å². The number of nitrogens with zero attached hydrogens (tertiary/aromatic N) is 1. The molecule has 0 saturated carbocycles. The molecule has 0 aromatic heterocycles. The maximum Gasteiger partial charge on any atom is 0.277 e. The maximum atomic E-state index is 13.6. The molecule has 1 unspecified atom stereocenters. The van der Waals surface area contributed by atoms with Crippen LogP contribution in [0.4, 0.5) is 5.69 Å². The van der Waals surface area contributed by atoms with Gasteiger partial charge in [-0.25, -0.2) is 4.90 Å². The molecule has 2 fully saturated rings. The maximum absolute atomic E-state index is 13.6. The van der Waals surface area contributed by atoms with E-state index in [1.54, 1.807) is 24.3 Å². The van der Waals surface area contributed by atoms with Gasteiger partial charge in [0.25, 0.3) is 5.91 Å². The number of imide groups is 1. The van der Waals surface area contributed by atoms with Gasteiger partial charge < -0.3 is 10.5 Å². The topological polar surface area (TPSA) is 94.1 Å². The number of nitrogens with one attached hydrogen (secondary N) is 1. The normalized spacial score (nSPS) is 29.4. The molecule has 2 aromatic rings. The Labute approximate surface area is 167 Å². The van der Waals surface area contributed by atoms with Gasteiger partial charge in [0.1, 0.15) is 23.6 Å². The van der Waals surface area contributed by atoms with E-state index in [1.807, 2.05) is 36.5 Å².